The Labute approximate surface area is 99.1 Å². The Bertz CT molecular complexity index is 374. The number of hydrogen-bond donors (Lipinski definition) is 0. The largest absolute Gasteiger partial charge is 0.496 e. The highest BCUT2D eigenvalue weighted by Gasteiger charge is 2.22. The van der Waals surface area contributed by atoms with Crippen LogP contribution in [-0.4, -0.2) is 33.4 Å². The van der Waals surface area contributed by atoms with Crippen LogP contribution in [0.3, 0.4) is 0 Å². The van der Waals surface area contributed by atoms with E-state index in [1.54, 1.807) is 12.1 Å². The van der Waals surface area contributed by atoms with E-state index in [4.69, 9.17) is 25.8 Å². The zero-order chi connectivity index (χ0) is 12.1. The highest BCUT2D eigenvalue weighted by molar-refractivity contribution is 6.31. The SMILES string of the molecule is COc1ccc(Cl)cc1C(=O)C(OC)OC. The minimum atomic E-state index is -0.952. The maximum Gasteiger partial charge on any atom is 0.222 e. The Balaban J connectivity index is 3.10. The van der Waals surface area contributed by atoms with Crippen LogP contribution in [0, 0.1) is 0 Å². The zero-order valence-electron chi connectivity index (χ0n) is 9.32. The van der Waals surface area contributed by atoms with Gasteiger partial charge in [0.25, 0.3) is 0 Å². The van der Waals surface area contributed by atoms with E-state index in [1.165, 1.54) is 27.4 Å². The van der Waals surface area contributed by atoms with Crippen molar-refractivity contribution in [2.45, 2.75) is 6.29 Å². The van der Waals surface area contributed by atoms with E-state index in [-0.39, 0.29) is 5.78 Å². The van der Waals surface area contributed by atoms with Crippen LogP contribution in [0.5, 0.6) is 5.75 Å². The predicted octanol–water partition coefficient (Wildman–Crippen LogP) is 2.15. The van der Waals surface area contributed by atoms with E-state index in [2.05, 4.69) is 0 Å². The molecule has 0 spiro atoms. The third-order valence-electron chi connectivity index (χ3n) is 2.07. The van der Waals surface area contributed by atoms with E-state index in [1.807, 2.05) is 0 Å². The number of carbonyl (C=O) groups excluding carboxylic acids is 1. The standard InChI is InChI=1S/C11H13ClO4/c1-14-9-5-4-7(12)6-8(9)10(13)11(15-2)16-3/h4-6,11H,1-3H3. The van der Waals surface area contributed by atoms with E-state index >= 15 is 0 Å². The number of halogens is 1. The van der Waals surface area contributed by atoms with Gasteiger partial charge in [0.1, 0.15) is 5.75 Å². The van der Waals surface area contributed by atoms with Gasteiger partial charge in [-0.1, -0.05) is 11.6 Å². The van der Waals surface area contributed by atoms with Gasteiger partial charge >= 0.3 is 0 Å². The second kappa shape index (κ2) is 5.84. The molecule has 0 radical (unpaired) electrons. The van der Waals surface area contributed by atoms with Gasteiger partial charge in [-0.25, -0.2) is 0 Å². The van der Waals surface area contributed by atoms with E-state index in [9.17, 15) is 4.79 Å². The molecular formula is C11H13ClO4. The minimum absolute atomic E-state index is 0.329. The Morgan fingerprint density at radius 2 is 1.88 bits per heavy atom. The number of ketones is 1. The van der Waals surface area contributed by atoms with Crippen LogP contribution in [0.25, 0.3) is 0 Å². The first kappa shape index (κ1) is 13.0. The summed E-state index contributed by atoms with van der Waals surface area (Å²) in [4.78, 5) is 12.0. The molecule has 1 rings (SSSR count). The van der Waals surface area contributed by atoms with Crippen molar-refractivity contribution in [3.63, 3.8) is 0 Å². The number of methoxy groups -OCH3 is 3. The number of ether oxygens (including phenoxy) is 3. The lowest BCUT2D eigenvalue weighted by Gasteiger charge is -2.14. The molecule has 0 unspecified atom stereocenters. The van der Waals surface area contributed by atoms with Crippen LogP contribution in [0.2, 0.25) is 5.02 Å². The lowest BCUT2D eigenvalue weighted by molar-refractivity contribution is -0.0743. The third-order valence-corrected chi connectivity index (χ3v) is 2.30. The van der Waals surface area contributed by atoms with Gasteiger partial charge in [-0.15, -0.1) is 0 Å². The quantitative estimate of drug-likeness (QED) is 0.588. The van der Waals surface area contributed by atoms with Crippen molar-refractivity contribution < 1.29 is 19.0 Å². The van der Waals surface area contributed by atoms with Gasteiger partial charge in [-0.3, -0.25) is 4.79 Å². The number of carbonyl (C=O) groups is 1. The van der Waals surface area contributed by atoms with Crippen molar-refractivity contribution in [1.82, 2.24) is 0 Å². The second-order valence-electron chi connectivity index (χ2n) is 3.01. The van der Waals surface area contributed by atoms with Gasteiger partial charge in [0, 0.05) is 19.2 Å². The first-order valence-electron chi connectivity index (χ1n) is 4.57. The van der Waals surface area contributed by atoms with Gasteiger partial charge in [0.2, 0.25) is 12.1 Å². The zero-order valence-corrected chi connectivity index (χ0v) is 10.1. The summed E-state index contributed by atoms with van der Waals surface area (Å²) in [7, 11) is 4.26. The van der Waals surface area contributed by atoms with Crippen LogP contribution in [0.4, 0.5) is 0 Å². The summed E-state index contributed by atoms with van der Waals surface area (Å²) in [6, 6.07) is 4.79. The molecule has 0 N–H and O–H groups in total. The Morgan fingerprint density at radius 3 is 2.38 bits per heavy atom. The normalized spacial score (nSPS) is 10.6. The molecule has 4 nitrogen and oxygen atoms in total. The number of benzene rings is 1. The smallest absolute Gasteiger partial charge is 0.222 e. The molecule has 0 aliphatic heterocycles. The van der Waals surface area contributed by atoms with Crippen molar-refractivity contribution in [3.8, 4) is 5.75 Å². The van der Waals surface area contributed by atoms with Crippen LogP contribution in [0.15, 0.2) is 18.2 Å². The van der Waals surface area contributed by atoms with Crippen molar-refractivity contribution in [1.29, 1.82) is 0 Å². The van der Waals surface area contributed by atoms with Crippen LogP contribution >= 0.6 is 11.6 Å². The van der Waals surface area contributed by atoms with E-state index in [0.29, 0.717) is 16.3 Å². The molecule has 0 bridgehead atoms. The molecule has 0 heterocycles. The molecule has 0 saturated heterocycles. The fourth-order valence-corrected chi connectivity index (χ4v) is 1.48. The Hall–Kier alpha value is -1.10. The number of rotatable bonds is 5. The minimum Gasteiger partial charge on any atom is -0.496 e. The average molecular weight is 245 g/mol. The fourth-order valence-electron chi connectivity index (χ4n) is 1.31. The lowest BCUT2D eigenvalue weighted by Crippen LogP contribution is -2.25. The molecule has 5 heteroatoms. The van der Waals surface area contributed by atoms with Crippen LogP contribution < -0.4 is 4.74 Å². The second-order valence-corrected chi connectivity index (χ2v) is 3.45. The maximum atomic E-state index is 12.0. The molecule has 1 aromatic carbocycles. The first-order valence-corrected chi connectivity index (χ1v) is 4.95. The van der Waals surface area contributed by atoms with Gasteiger partial charge in [-0.05, 0) is 18.2 Å². The summed E-state index contributed by atoms with van der Waals surface area (Å²) < 4.78 is 14.8. The summed E-state index contributed by atoms with van der Waals surface area (Å²) in [5.41, 5.74) is 0.337. The van der Waals surface area contributed by atoms with Crippen molar-refractivity contribution >= 4 is 17.4 Å². The lowest BCUT2D eigenvalue weighted by atomic mass is 10.1. The summed E-state index contributed by atoms with van der Waals surface area (Å²) in [6.45, 7) is 0. The van der Waals surface area contributed by atoms with Crippen LogP contribution in [-0.2, 0) is 9.47 Å². The highest BCUT2D eigenvalue weighted by atomic mass is 35.5. The average Bonchev–Trinajstić information content (AvgIpc) is 2.30. The Kier molecular flexibility index (Phi) is 4.73. The molecule has 0 aliphatic rings. The van der Waals surface area contributed by atoms with Crippen LogP contribution in [0.1, 0.15) is 10.4 Å². The topological polar surface area (TPSA) is 44.8 Å². The number of hydrogen-bond acceptors (Lipinski definition) is 4. The maximum absolute atomic E-state index is 12.0. The molecule has 0 amide bonds. The third kappa shape index (κ3) is 2.72. The van der Waals surface area contributed by atoms with Crippen molar-refractivity contribution in [3.05, 3.63) is 28.8 Å². The van der Waals surface area contributed by atoms with E-state index < -0.39 is 6.29 Å². The monoisotopic (exact) mass is 244 g/mol. The van der Waals surface area contributed by atoms with Gasteiger partial charge in [-0.2, -0.15) is 0 Å². The number of Topliss-reactive ketones (excluding diaryl/α,β-unsaturated/α-hetero) is 1. The predicted molar refractivity (Wildman–Crippen MR) is 60.1 cm³/mol. The van der Waals surface area contributed by atoms with Crippen molar-refractivity contribution in [2.24, 2.45) is 0 Å². The molecule has 16 heavy (non-hydrogen) atoms. The molecule has 0 fully saturated rings. The fraction of sp³-hybridized carbons (Fsp3) is 0.364. The Morgan fingerprint density at radius 1 is 1.25 bits per heavy atom. The van der Waals surface area contributed by atoms with Crippen molar-refractivity contribution in [2.75, 3.05) is 21.3 Å². The first-order chi connectivity index (χ1) is 7.63. The highest BCUT2D eigenvalue weighted by Crippen LogP contribution is 2.24. The molecule has 1 aromatic rings. The molecule has 0 aromatic heterocycles. The van der Waals surface area contributed by atoms with Gasteiger partial charge < -0.3 is 14.2 Å². The van der Waals surface area contributed by atoms with Gasteiger partial charge in [0.15, 0.2) is 0 Å². The summed E-state index contributed by atoms with van der Waals surface area (Å²) in [6.07, 6.45) is -0.952. The molecule has 0 atom stereocenters. The van der Waals surface area contributed by atoms with Gasteiger partial charge in [0.05, 0.1) is 12.7 Å². The summed E-state index contributed by atoms with van der Waals surface area (Å²) >= 11 is 5.82. The molecule has 0 saturated carbocycles. The molecule has 88 valence electrons. The van der Waals surface area contributed by atoms with E-state index in [0.717, 1.165) is 0 Å². The molecular weight excluding hydrogens is 232 g/mol. The summed E-state index contributed by atoms with van der Waals surface area (Å²) in [5.74, 6) is 0.109. The molecule has 0 aliphatic carbocycles. The summed E-state index contributed by atoms with van der Waals surface area (Å²) in [5, 5.41) is 0.454.